The van der Waals surface area contributed by atoms with Crippen LogP contribution in [-0.4, -0.2) is 35.3 Å². The van der Waals surface area contributed by atoms with Crippen LogP contribution in [0.4, 0.5) is 19.2 Å². The molecule has 1 aromatic carbocycles. The van der Waals surface area contributed by atoms with E-state index in [0.717, 1.165) is 4.90 Å². The normalized spacial score (nSPS) is 11.8. The van der Waals surface area contributed by atoms with Crippen LogP contribution < -0.4 is 4.90 Å². The summed E-state index contributed by atoms with van der Waals surface area (Å²) in [6, 6.07) is 3.77. The molecule has 0 aliphatic heterocycles. The molecule has 8 heteroatoms. The fourth-order valence-electron chi connectivity index (χ4n) is 1.71. The second-order valence-electron chi connectivity index (χ2n) is 4.11. The second kappa shape index (κ2) is 5.03. The Labute approximate surface area is 111 Å². The van der Waals surface area contributed by atoms with Crippen molar-refractivity contribution in [3.63, 3.8) is 0 Å². The molecule has 0 saturated heterocycles. The predicted octanol–water partition coefficient (Wildman–Crippen LogP) is 2.91. The lowest BCUT2D eigenvalue weighted by molar-refractivity contribution is -0.120. The number of rotatable bonds is 4. The molecule has 1 N–H and O–H groups in total. The molecular formula is C12H11F3N2O3. The van der Waals surface area contributed by atoms with Crippen molar-refractivity contribution in [1.82, 2.24) is 4.98 Å². The molecule has 0 bridgehead atoms. The lowest BCUT2D eigenvalue weighted by atomic mass is 10.2. The Morgan fingerprint density at radius 3 is 2.70 bits per heavy atom. The number of nitrogens with zero attached hydrogens (tertiary/aromatic N) is 2. The van der Waals surface area contributed by atoms with Crippen LogP contribution >= 0.6 is 0 Å². The molecule has 0 unspecified atom stereocenters. The van der Waals surface area contributed by atoms with Crippen LogP contribution in [0, 0.1) is 0 Å². The minimum absolute atomic E-state index is 0.0148. The number of carboxylic acids is 1. The first-order valence-corrected chi connectivity index (χ1v) is 5.75. The quantitative estimate of drug-likeness (QED) is 0.937. The Hall–Kier alpha value is -2.25. The third kappa shape index (κ3) is 3.01. The number of carboxylic acid groups (broad SMARTS) is 1. The van der Waals surface area contributed by atoms with Gasteiger partial charge in [0.15, 0.2) is 5.58 Å². The molecule has 2 rings (SSSR count). The van der Waals surface area contributed by atoms with Gasteiger partial charge in [-0.05, 0) is 25.1 Å². The molecule has 108 valence electrons. The summed E-state index contributed by atoms with van der Waals surface area (Å²) in [5.41, 5.74) is 0.435. The van der Waals surface area contributed by atoms with E-state index in [9.17, 15) is 18.0 Å². The lowest BCUT2D eigenvalue weighted by Crippen LogP contribution is -2.34. The number of carbonyl (C=O) groups is 1. The van der Waals surface area contributed by atoms with Gasteiger partial charge >= 0.3 is 12.1 Å². The Balaban J connectivity index is 2.37. The maximum Gasteiger partial charge on any atom is 0.406 e. The number of anilines is 1. The van der Waals surface area contributed by atoms with E-state index < -0.39 is 18.7 Å². The fourth-order valence-corrected chi connectivity index (χ4v) is 1.71. The van der Waals surface area contributed by atoms with E-state index in [-0.39, 0.29) is 23.7 Å². The van der Waals surface area contributed by atoms with Crippen LogP contribution in [0.25, 0.3) is 11.1 Å². The second-order valence-corrected chi connectivity index (χ2v) is 4.11. The van der Waals surface area contributed by atoms with Gasteiger partial charge in [-0.3, -0.25) is 0 Å². The molecule has 0 spiro atoms. The van der Waals surface area contributed by atoms with E-state index in [1.54, 1.807) is 6.92 Å². The maximum absolute atomic E-state index is 12.4. The van der Waals surface area contributed by atoms with E-state index in [0.29, 0.717) is 5.52 Å². The Morgan fingerprint density at radius 1 is 1.45 bits per heavy atom. The van der Waals surface area contributed by atoms with Crippen molar-refractivity contribution < 1.29 is 27.5 Å². The Kier molecular flexibility index (Phi) is 3.56. The summed E-state index contributed by atoms with van der Waals surface area (Å²) in [6.45, 7) is 0.434. The Bertz CT molecular complexity index is 636. The molecule has 0 aliphatic carbocycles. The van der Waals surface area contributed by atoms with Crippen LogP contribution in [0.3, 0.4) is 0 Å². The number of hydrogen-bond acceptors (Lipinski definition) is 4. The molecule has 20 heavy (non-hydrogen) atoms. The number of oxazole rings is 1. The molecule has 0 saturated carbocycles. The molecule has 1 aromatic heterocycles. The van der Waals surface area contributed by atoms with Crippen molar-refractivity contribution in [3.8, 4) is 0 Å². The van der Waals surface area contributed by atoms with Crippen molar-refractivity contribution in [2.45, 2.75) is 13.1 Å². The zero-order chi connectivity index (χ0) is 14.9. The van der Waals surface area contributed by atoms with Gasteiger partial charge in [0, 0.05) is 6.54 Å². The number of alkyl halides is 3. The van der Waals surface area contributed by atoms with Crippen molar-refractivity contribution in [3.05, 3.63) is 23.8 Å². The smallest absolute Gasteiger partial charge is 0.406 e. The molecular weight excluding hydrogens is 277 g/mol. The van der Waals surface area contributed by atoms with Crippen LogP contribution in [0.1, 0.15) is 17.3 Å². The van der Waals surface area contributed by atoms with Gasteiger partial charge in [0.2, 0.25) is 0 Å². The monoisotopic (exact) mass is 288 g/mol. The van der Waals surface area contributed by atoms with Crippen molar-refractivity contribution in [2.75, 3.05) is 18.0 Å². The number of halogens is 3. The van der Waals surface area contributed by atoms with Crippen molar-refractivity contribution >= 4 is 23.1 Å². The molecule has 2 aromatic rings. The van der Waals surface area contributed by atoms with Gasteiger partial charge in [0.25, 0.3) is 6.01 Å². The maximum atomic E-state index is 12.4. The Morgan fingerprint density at radius 2 is 2.15 bits per heavy atom. The number of hydrogen-bond donors (Lipinski definition) is 1. The number of aromatic carboxylic acids is 1. The third-order valence-electron chi connectivity index (χ3n) is 2.65. The van der Waals surface area contributed by atoms with E-state index in [4.69, 9.17) is 9.52 Å². The van der Waals surface area contributed by atoms with Gasteiger partial charge in [-0.25, -0.2) is 4.79 Å². The summed E-state index contributed by atoms with van der Waals surface area (Å²) < 4.78 is 42.5. The molecule has 0 atom stereocenters. The summed E-state index contributed by atoms with van der Waals surface area (Å²) in [5, 5.41) is 8.84. The van der Waals surface area contributed by atoms with Crippen LogP contribution in [0.2, 0.25) is 0 Å². The topological polar surface area (TPSA) is 66.6 Å². The summed E-state index contributed by atoms with van der Waals surface area (Å²) in [5.74, 6) is -1.15. The van der Waals surface area contributed by atoms with Crippen LogP contribution in [0.5, 0.6) is 0 Å². The number of benzene rings is 1. The largest absolute Gasteiger partial charge is 0.478 e. The molecule has 0 aliphatic rings. The highest BCUT2D eigenvalue weighted by Gasteiger charge is 2.32. The predicted molar refractivity (Wildman–Crippen MR) is 64.9 cm³/mol. The summed E-state index contributed by atoms with van der Waals surface area (Å²) in [7, 11) is 0. The number of aromatic nitrogens is 1. The van der Waals surface area contributed by atoms with Crippen LogP contribution in [-0.2, 0) is 0 Å². The minimum atomic E-state index is -4.37. The first-order chi connectivity index (χ1) is 9.30. The van der Waals surface area contributed by atoms with Crippen molar-refractivity contribution in [1.29, 1.82) is 0 Å². The molecule has 5 nitrogen and oxygen atoms in total. The van der Waals surface area contributed by atoms with Gasteiger partial charge in [-0.1, -0.05) is 0 Å². The van der Waals surface area contributed by atoms with Crippen molar-refractivity contribution in [2.24, 2.45) is 0 Å². The highest BCUT2D eigenvalue weighted by Crippen LogP contribution is 2.26. The highest BCUT2D eigenvalue weighted by atomic mass is 19.4. The number of fused-ring (bicyclic) bond motifs is 1. The first kappa shape index (κ1) is 14.2. The zero-order valence-corrected chi connectivity index (χ0v) is 10.4. The minimum Gasteiger partial charge on any atom is -0.478 e. The highest BCUT2D eigenvalue weighted by molar-refractivity contribution is 5.92. The molecule has 0 amide bonds. The van der Waals surface area contributed by atoms with E-state index >= 15 is 0 Å². The molecule has 0 fully saturated rings. The first-order valence-electron chi connectivity index (χ1n) is 5.75. The lowest BCUT2D eigenvalue weighted by Gasteiger charge is -2.19. The SMILES string of the molecule is CCN(CC(F)(F)F)c1nc2ccc(C(=O)O)cc2o1. The third-order valence-corrected chi connectivity index (χ3v) is 2.65. The van der Waals surface area contributed by atoms with E-state index in [1.165, 1.54) is 18.2 Å². The summed E-state index contributed by atoms with van der Waals surface area (Å²) >= 11 is 0. The van der Waals surface area contributed by atoms with Gasteiger partial charge in [-0.15, -0.1) is 0 Å². The molecule has 0 radical (unpaired) electrons. The zero-order valence-electron chi connectivity index (χ0n) is 10.4. The fraction of sp³-hybridized carbons (Fsp3) is 0.333. The van der Waals surface area contributed by atoms with Gasteiger partial charge in [0.1, 0.15) is 12.1 Å². The average molecular weight is 288 g/mol. The summed E-state index contributed by atoms with van der Waals surface area (Å²) in [4.78, 5) is 15.7. The van der Waals surface area contributed by atoms with Gasteiger partial charge < -0.3 is 14.4 Å². The molecule has 1 heterocycles. The van der Waals surface area contributed by atoms with E-state index in [1.807, 2.05) is 0 Å². The van der Waals surface area contributed by atoms with Crippen LogP contribution in [0.15, 0.2) is 22.6 Å². The van der Waals surface area contributed by atoms with Gasteiger partial charge in [-0.2, -0.15) is 18.2 Å². The standard InChI is InChI=1S/C12H11F3N2O3/c1-2-17(6-12(13,14)15)11-16-8-4-3-7(10(18)19)5-9(8)20-11/h3-5H,2,6H2,1H3,(H,18,19). The average Bonchev–Trinajstić information content (AvgIpc) is 2.77. The van der Waals surface area contributed by atoms with Gasteiger partial charge in [0.05, 0.1) is 5.56 Å². The van der Waals surface area contributed by atoms with E-state index in [2.05, 4.69) is 4.98 Å². The summed E-state index contributed by atoms with van der Waals surface area (Å²) in [6.07, 6.45) is -4.37.